The number of nitrogens with zero attached hydrogens (tertiary/aromatic N) is 2. The van der Waals surface area contributed by atoms with Gasteiger partial charge >= 0.3 is 0 Å². The molecule has 0 fully saturated rings. The molecule has 0 aromatic carbocycles. The highest BCUT2D eigenvalue weighted by Gasteiger charge is 1.90. The van der Waals surface area contributed by atoms with Crippen LogP contribution in [0.3, 0.4) is 0 Å². The molecule has 5 heteroatoms. The second-order valence-electron chi connectivity index (χ2n) is 2.04. The maximum absolute atomic E-state index is 6.93. The Morgan fingerprint density at radius 1 is 1.64 bits per heavy atom. The molecule has 0 saturated carbocycles. The van der Waals surface area contributed by atoms with Crippen LogP contribution < -0.4 is 5.73 Å². The summed E-state index contributed by atoms with van der Waals surface area (Å²) in [5.74, 6) is 0.204. The van der Waals surface area contributed by atoms with Crippen molar-refractivity contribution in [3.05, 3.63) is 18.5 Å². The topological polar surface area (TPSA) is 67.7 Å². The van der Waals surface area contributed by atoms with E-state index in [0.29, 0.717) is 13.0 Å². The highest BCUT2D eigenvalue weighted by Crippen LogP contribution is 1.87. The molecular weight excluding hydrogens is 164 g/mol. The lowest BCUT2D eigenvalue weighted by atomic mass is 10.4. The molecule has 1 heterocycles. The average Bonchev–Trinajstić information content (AvgIpc) is 2.34. The van der Waals surface area contributed by atoms with Crippen LogP contribution in [-0.2, 0) is 6.54 Å². The fourth-order valence-corrected chi connectivity index (χ4v) is 0.668. The van der Waals surface area contributed by atoms with Crippen LogP contribution in [0.4, 0.5) is 0 Å². The van der Waals surface area contributed by atoms with Crippen LogP contribution in [0.2, 0.25) is 0 Å². The van der Waals surface area contributed by atoms with Crippen molar-refractivity contribution >= 4 is 18.2 Å². The minimum Gasteiger partial charge on any atom is -0.388 e. The summed E-state index contributed by atoms with van der Waals surface area (Å²) in [6.07, 6.45) is 4.13. The Kier molecular flexibility index (Phi) is 4.29. The van der Waals surface area contributed by atoms with Crippen LogP contribution in [0.25, 0.3) is 0 Å². The fraction of sp³-hybridized carbons (Fsp3) is 0.333. The average molecular weight is 175 g/mol. The standard InChI is InChI=1S/C6H10N4.ClH/c7-6(8)2-5-10-4-1-3-9-10;/h1,3-4H,2,5H2,(H3,7,8);1H. The second-order valence-corrected chi connectivity index (χ2v) is 2.04. The van der Waals surface area contributed by atoms with Gasteiger partial charge in [0.2, 0.25) is 0 Å². The molecule has 11 heavy (non-hydrogen) atoms. The van der Waals surface area contributed by atoms with Gasteiger partial charge < -0.3 is 5.73 Å². The van der Waals surface area contributed by atoms with E-state index in [1.165, 1.54) is 0 Å². The zero-order valence-corrected chi connectivity index (χ0v) is 6.84. The first-order chi connectivity index (χ1) is 4.79. The van der Waals surface area contributed by atoms with Gasteiger partial charge in [-0.3, -0.25) is 10.1 Å². The molecule has 1 aromatic heterocycles. The molecule has 0 saturated heterocycles. The van der Waals surface area contributed by atoms with Gasteiger partial charge in [-0.05, 0) is 6.07 Å². The number of aromatic nitrogens is 2. The van der Waals surface area contributed by atoms with E-state index in [2.05, 4.69) is 5.10 Å². The number of rotatable bonds is 3. The summed E-state index contributed by atoms with van der Waals surface area (Å²) in [7, 11) is 0. The van der Waals surface area contributed by atoms with E-state index in [0.717, 1.165) is 0 Å². The van der Waals surface area contributed by atoms with Crippen molar-refractivity contribution in [3.8, 4) is 0 Å². The van der Waals surface area contributed by atoms with Crippen LogP contribution in [0.5, 0.6) is 0 Å². The van der Waals surface area contributed by atoms with E-state index in [9.17, 15) is 0 Å². The Morgan fingerprint density at radius 2 is 2.36 bits per heavy atom. The van der Waals surface area contributed by atoms with Gasteiger partial charge in [0.25, 0.3) is 0 Å². The number of hydrogen-bond donors (Lipinski definition) is 2. The number of hydrogen-bond acceptors (Lipinski definition) is 2. The van der Waals surface area contributed by atoms with E-state index < -0.39 is 0 Å². The van der Waals surface area contributed by atoms with Gasteiger partial charge in [0.15, 0.2) is 0 Å². The zero-order valence-electron chi connectivity index (χ0n) is 6.03. The van der Waals surface area contributed by atoms with E-state index in [1.807, 2.05) is 12.3 Å². The Morgan fingerprint density at radius 3 is 2.82 bits per heavy atom. The Hall–Kier alpha value is -1.03. The van der Waals surface area contributed by atoms with Crippen molar-refractivity contribution in [2.75, 3.05) is 0 Å². The molecule has 0 unspecified atom stereocenters. The molecule has 0 atom stereocenters. The minimum absolute atomic E-state index is 0. The maximum Gasteiger partial charge on any atom is 0.0923 e. The van der Waals surface area contributed by atoms with E-state index in [-0.39, 0.29) is 18.2 Å². The monoisotopic (exact) mass is 174 g/mol. The molecule has 4 nitrogen and oxygen atoms in total. The van der Waals surface area contributed by atoms with E-state index >= 15 is 0 Å². The highest BCUT2D eigenvalue weighted by molar-refractivity contribution is 5.85. The molecule has 0 radical (unpaired) electrons. The number of amidine groups is 1. The Bertz CT molecular complexity index is 206. The molecule has 0 aliphatic heterocycles. The lowest BCUT2D eigenvalue weighted by Gasteiger charge is -1.97. The molecule has 0 aliphatic rings. The second kappa shape index (κ2) is 4.73. The third-order valence-corrected chi connectivity index (χ3v) is 1.17. The predicted octanol–water partition coefficient (Wildman–Crippen LogP) is 0.631. The Balaban J connectivity index is 0.000001000. The van der Waals surface area contributed by atoms with Crippen molar-refractivity contribution in [1.82, 2.24) is 9.78 Å². The quantitative estimate of drug-likeness (QED) is 0.522. The molecule has 0 aliphatic carbocycles. The van der Waals surface area contributed by atoms with Gasteiger partial charge in [-0.25, -0.2) is 0 Å². The molecule has 1 rings (SSSR count). The third kappa shape index (κ3) is 3.62. The summed E-state index contributed by atoms with van der Waals surface area (Å²) in [4.78, 5) is 0. The van der Waals surface area contributed by atoms with Gasteiger partial charge in [0, 0.05) is 25.4 Å². The van der Waals surface area contributed by atoms with Crippen LogP contribution in [0.1, 0.15) is 6.42 Å². The maximum atomic E-state index is 6.93. The van der Waals surface area contributed by atoms with E-state index in [1.54, 1.807) is 10.9 Å². The molecule has 62 valence electrons. The minimum atomic E-state index is 0. The summed E-state index contributed by atoms with van der Waals surface area (Å²) in [5.41, 5.74) is 5.15. The summed E-state index contributed by atoms with van der Waals surface area (Å²) < 4.78 is 1.75. The smallest absolute Gasteiger partial charge is 0.0923 e. The summed E-state index contributed by atoms with van der Waals surface area (Å²) in [6, 6.07) is 1.85. The normalized spacial score (nSPS) is 8.73. The molecule has 3 N–H and O–H groups in total. The van der Waals surface area contributed by atoms with Gasteiger partial charge in [0.1, 0.15) is 0 Å². The number of halogens is 1. The SMILES string of the molecule is Cl.N=C(N)CCn1cccn1. The van der Waals surface area contributed by atoms with Gasteiger partial charge in [-0.1, -0.05) is 0 Å². The van der Waals surface area contributed by atoms with Gasteiger partial charge in [0.05, 0.1) is 5.84 Å². The van der Waals surface area contributed by atoms with E-state index in [4.69, 9.17) is 11.1 Å². The molecule has 0 spiro atoms. The van der Waals surface area contributed by atoms with Crippen LogP contribution in [0.15, 0.2) is 18.5 Å². The van der Waals surface area contributed by atoms with Crippen LogP contribution in [0, 0.1) is 5.41 Å². The van der Waals surface area contributed by atoms with Crippen molar-refractivity contribution in [3.63, 3.8) is 0 Å². The first-order valence-electron chi connectivity index (χ1n) is 3.09. The molecular formula is C6H11ClN4. The van der Waals surface area contributed by atoms with Gasteiger partial charge in [-0.15, -0.1) is 12.4 Å². The summed E-state index contributed by atoms with van der Waals surface area (Å²) >= 11 is 0. The number of aryl methyl sites for hydroxylation is 1. The van der Waals surface area contributed by atoms with Crippen LogP contribution >= 0.6 is 12.4 Å². The van der Waals surface area contributed by atoms with Crippen molar-refractivity contribution in [2.24, 2.45) is 5.73 Å². The highest BCUT2D eigenvalue weighted by atomic mass is 35.5. The number of nitrogens with two attached hydrogens (primary N) is 1. The molecule has 0 amide bonds. The van der Waals surface area contributed by atoms with Gasteiger partial charge in [-0.2, -0.15) is 5.10 Å². The van der Waals surface area contributed by atoms with Crippen LogP contribution in [-0.4, -0.2) is 15.6 Å². The lowest BCUT2D eigenvalue weighted by molar-refractivity contribution is 0.632. The summed E-state index contributed by atoms with van der Waals surface area (Å²) in [5, 5.41) is 10.9. The van der Waals surface area contributed by atoms with Crippen molar-refractivity contribution < 1.29 is 0 Å². The van der Waals surface area contributed by atoms with Crippen molar-refractivity contribution in [1.29, 1.82) is 5.41 Å². The third-order valence-electron chi connectivity index (χ3n) is 1.17. The largest absolute Gasteiger partial charge is 0.388 e. The first kappa shape index (κ1) is 9.97. The molecule has 0 bridgehead atoms. The lowest BCUT2D eigenvalue weighted by Crippen LogP contribution is -2.13. The van der Waals surface area contributed by atoms with Crippen molar-refractivity contribution in [2.45, 2.75) is 13.0 Å². The summed E-state index contributed by atoms with van der Waals surface area (Å²) in [6.45, 7) is 0.697. The Labute approximate surface area is 71.3 Å². The predicted molar refractivity (Wildman–Crippen MR) is 46.0 cm³/mol. The fourth-order valence-electron chi connectivity index (χ4n) is 0.668. The molecule has 1 aromatic rings. The zero-order chi connectivity index (χ0) is 7.40. The number of nitrogens with one attached hydrogen (secondary N) is 1. The first-order valence-corrected chi connectivity index (χ1v) is 3.09.